The fourth-order valence-corrected chi connectivity index (χ4v) is 3.22. The van der Waals surface area contributed by atoms with E-state index in [-0.39, 0.29) is 24.4 Å². The summed E-state index contributed by atoms with van der Waals surface area (Å²) >= 11 is 0. The molecule has 1 heterocycles. The molecular weight excluding hydrogens is 378 g/mol. The number of hydrogen-bond acceptors (Lipinski definition) is 6. The zero-order valence-electron chi connectivity index (χ0n) is 16.2. The van der Waals surface area contributed by atoms with Crippen LogP contribution in [0, 0.1) is 10.1 Å². The standard InChI is InChI=1S/C20H21N3O6/c1-3-21-18-12-16(23(26)27)15(19(24)28-2)11-17(18)22(20(21)25)9-10-29-13-14-7-5-4-6-8-14/h4-8,11-12H,3,9-10,13H2,1-2H3. The third kappa shape index (κ3) is 4.04. The van der Waals surface area contributed by atoms with Crippen LogP contribution in [0.2, 0.25) is 0 Å². The molecule has 0 spiro atoms. The Hall–Kier alpha value is -3.46. The number of carbonyl (C=O) groups excluding carboxylic acids is 1. The van der Waals surface area contributed by atoms with Gasteiger partial charge in [-0.2, -0.15) is 0 Å². The lowest BCUT2D eigenvalue weighted by Crippen LogP contribution is -2.25. The van der Waals surface area contributed by atoms with Crippen LogP contribution in [0.3, 0.4) is 0 Å². The molecular formula is C20H21N3O6. The van der Waals surface area contributed by atoms with Crippen LogP contribution in [0.4, 0.5) is 5.69 Å². The van der Waals surface area contributed by atoms with Gasteiger partial charge in [0, 0.05) is 12.6 Å². The lowest BCUT2D eigenvalue weighted by Gasteiger charge is -2.07. The Balaban J connectivity index is 1.95. The lowest BCUT2D eigenvalue weighted by atomic mass is 10.1. The topological polar surface area (TPSA) is 106 Å². The minimum atomic E-state index is -0.831. The summed E-state index contributed by atoms with van der Waals surface area (Å²) in [5.74, 6) is -0.831. The Bertz CT molecular complexity index is 1100. The van der Waals surface area contributed by atoms with E-state index >= 15 is 0 Å². The summed E-state index contributed by atoms with van der Waals surface area (Å²) < 4.78 is 13.2. The van der Waals surface area contributed by atoms with Crippen LogP contribution in [0.15, 0.2) is 47.3 Å². The van der Waals surface area contributed by atoms with Gasteiger partial charge in [-0.1, -0.05) is 30.3 Å². The average Bonchev–Trinajstić information content (AvgIpc) is 3.00. The van der Waals surface area contributed by atoms with Gasteiger partial charge in [0.05, 0.1) is 42.8 Å². The molecule has 9 heteroatoms. The molecule has 3 rings (SSSR count). The fourth-order valence-electron chi connectivity index (χ4n) is 3.22. The molecule has 9 nitrogen and oxygen atoms in total. The highest BCUT2D eigenvalue weighted by Crippen LogP contribution is 2.26. The van der Waals surface area contributed by atoms with Crippen LogP contribution < -0.4 is 5.69 Å². The molecule has 1 aromatic heterocycles. The Morgan fingerprint density at radius 1 is 1.14 bits per heavy atom. The van der Waals surface area contributed by atoms with Gasteiger partial charge < -0.3 is 9.47 Å². The van der Waals surface area contributed by atoms with E-state index in [9.17, 15) is 19.7 Å². The van der Waals surface area contributed by atoms with E-state index < -0.39 is 16.6 Å². The molecule has 3 aromatic rings. The summed E-state index contributed by atoms with van der Waals surface area (Å²) in [6.07, 6.45) is 0. The number of methoxy groups -OCH3 is 1. The zero-order chi connectivity index (χ0) is 21.0. The Kier molecular flexibility index (Phi) is 6.08. The van der Waals surface area contributed by atoms with Crippen LogP contribution in [0.1, 0.15) is 22.8 Å². The first-order valence-corrected chi connectivity index (χ1v) is 9.09. The van der Waals surface area contributed by atoms with Crippen LogP contribution in [0.5, 0.6) is 0 Å². The highest BCUT2D eigenvalue weighted by Gasteiger charge is 2.25. The van der Waals surface area contributed by atoms with Crippen molar-refractivity contribution in [2.45, 2.75) is 26.6 Å². The first kappa shape index (κ1) is 20.3. The smallest absolute Gasteiger partial charge is 0.344 e. The van der Waals surface area contributed by atoms with Crippen molar-refractivity contribution < 1.29 is 19.2 Å². The zero-order valence-corrected chi connectivity index (χ0v) is 16.2. The van der Waals surface area contributed by atoms with Crippen molar-refractivity contribution >= 4 is 22.7 Å². The maximum absolute atomic E-state index is 12.8. The normalized spacial score (nSPS) is 11.0. The summed E-state index contributed by atoms with van der Waals surface area (Å²) in [5, 5.41) is 11.4. The summed E-state index contributed by atoms with van der Waals surface area (Å²) in [7, 11) is 1.15. The van der Waals surface area contributed by atoms with Gasteiger partial charge in [-0.25, -0.2) is 9.59 Å². The van der Waals surface area contributed by atoms with E-state index in [0.717, 1.165) is 12.7 Å². The Morgan fingerprint density at radius 2 is 1.83 bits per heavy atom. The summed E-state index contributed by atoms with van der Waals surface area (Å²) in [4.78, 5) is 35.6. The van der Waals surface area contributed by atoms with Crippen molar-refractivity contribution in [1.29, 1.82) is 0 Å². The molecule has 29 heavy (non-hydrogen) atoms. The molecule has 0 radical (unpaired) electrons. The van der Waals surface area contributed by atoms with E-state index in [2.05, 4.69) is 4.74 Å². The second-order valence-corrected chi connectivity index (χ2v) is 6.32. The minimum absolute atomic E-state index is 0.197. The molecule has 0 aliphatic heterocycles. The number of imidazole rings is 1. The number of aryl methyl sites for hydroxylation is 1. The predicted octanol–water partition coefficient (Wildman–Crippen LogP) is 2.73. The van der Waals surface area contributed by atoms with Gasteiger partial charge in [-0.05, 0) is 18.6 Å². The maximum atomic E-state index is 12.8. The van der Waals surface area contributed by atoms with E-state index in [1.165, 1.54) is 21.3 Å². The van der Waals surface area contributed by atoms with Crippen LogP contribution in [-0.2, 0) is 29.2 Å². The molecule has 2 aromatic carbocycles. The van der Waals surface area contributed by atoms with Crippen molar-refractivity contribution in [3.8, 4) is 0 Å². The summed E-state index contributed by atoms with van der Waals surface area (Å²) in [6.45, 7) is 3.02. The number of hydrogen-bond donors (Lipinski definition) is 0. The molecule has 152 valence electrons. The molecule has 0 bridgehead atoms. The molecule has 0 aliphatic rings. The molecule has 0 saturated carbocycles. The number of esters is 1. The lowest BCUT2D eigenvalue weighted by molar-refractivity contribution is -0.385. The van der Waals surface area contributed by atoms with Gasteiger partial charge in [0.2, 0.25) is 0 Å². The maximum Gasteiger partial charge on any atom is 0.344 e. The summed E-state index contributed by atoms with van der Waals surface area (Å²) in [5.41, 5.74) is 0.911. The number of benzene rings is 2. The molecule has 0 atom stereocenters. The highest BCUT2D eigenvalue weighted by atomic mass is 16.6. The monoisotopic (exact) mass is 399 g/mol. The van der Waals surface area contributed by atoms with E-state index in [1.807, 2.05) is 30.3 Å². The number of nitrogens with zero attached hydrogens (tertiary/aromatic N) is 3. The van der Waals surface area contributed by atoms with E-state index in [0.29, 0.717) is 24.2 Å². The largest absolute Gasteiger partial charge is 0.465 e. The minimum Gasteiger partial charge on any atom is -0.465 e. The number of rotatable bonds is 8. The van der Waals surface area contributed by atoms with Gasteiger partial charge in [0.15, 0.2) is 0 Å². The van der Waals surface area contributed by atoms with Crippen molar-refractivity contribution in [2.75, 3.05) is 13.7 Å². The van der Waals surface area contributed by atoms with Crippen LogP contribution in [0.25, 0.3) is 11.0 Å². The molecule has 0 unspecified atom stereocenters. The van der Waals surface area contributed by atoms with Crippen LogP contribution in [-0.4, -0.2) is 33.7 Å². The summed E-state index contributed by atoms with van der Waals surface area (Å²) in [6, 6.07) is 12.2. The number of fused-ring (bicyclic) bond motifs is 1. The number of aromatic nitrogens is 2. The first-order valence-electron chi connectivity index (χ1n) is 9.09. The highest BCUT2D eigenvalue weighted by molar-refractivity contribution is 5.98. The van der Waals surface area contributed by atoms with Crippen molar-refractivity contribution in [3.63, 3.8) is 0 Å². The molecule has 0 amide bonds. The molecule has 0 aliphatic carbocycles. The van der Waals surface area contributed by atoms with Crippen molar-refractivity contribution in [3.05, 3.63) is 74.2 Å². The van der Waals surface area contributed by atoms with Gasteiger partial charge in [-0.15, -0.1) is 0 Å². The third-order valence-corrected chi connectivity index (χ3v) is 4.63. The van der Waals surface area contributed by atoms with Gasteiger partial charge in [0.25, 0.3) is 5.69 Å². The Labute approximate surface area is 166 Å². The first-order chi connectivity index (χ1) is 14.0. The third-order valence-electron chi connectivity index (χ3n) is 4.63. The quantitative estimate of drug-likeness (QED) is 0.250. The number of nitro benzene ring substituents is 1. The molecule has 0 N–H and O–H groups in total. The second kappa shape index (κ2) is 8.70. The fraction of sp³-hybridized carbons (Fsp3) is 0.300. The SMILES string of the molecule is CCn1c(=O)n(CCOCc2ccccc2)c2cc(C(=O)OC)c([N+](=O)[O-])cc21. The second-order valence-electron chi connectivity index (χ2n) is 6.32. The van der Waals surface area contributed by atoms with Crippen molar-refractivity contribution in [1.82, 2.24) is 9.13 Å². The number of nitro groups is 1. The Morgan fingerprint density at radius 3 is 2.45 bits per heavy atom. The van der Waals surface area contributed by atoms with E-state index in [4.69, 9.17) is 4.74 Å². The van der Waals surface area contributed by atoms with E-state index in [1.54, 1.807) is 6.92 Å². The average molecular weight is 399 g/mol. The van der Waals surface area contributed by atoms with Crippen LogP contribution >= 0.6 is 0 Å². The van der Waals surface area contributed by atoms with Gasteiger partial charge in [-0.3, -0.25) is 19.2 Å². The van der Waals surface area contributed by atoms with Crippen molar-refractivity contribution in [2.24, 2.45) is 0 Å². The molecule has 0 fully saturated rings. The van der Waals surface area contributed by atoms with Gasteiger partial charge >= 0.3 is 11.7 Å². The number of carbonyl (C=O) groups is 1. The van der Waals surface area contributed by atoms with Gasteiger partial charge in [0.1, 0.15) is 5.56 Å². The molecule has 0 saturated heterocycles. The number of ether oxygens (including phenoxy) is 2. The predicted molar refractivity (Wildman–Crippen MR) is 106 cm³/mol.